The molecule has 1 aromatic carbocycles. The molecular formula is C10H9ClN4OS2. The maximum Gasteiger partial charge on any atom is 0.242 e. The first kappa shape index (κ1) is 12.2. The van der Waals surface area contributed by atoms with Gasteiger partial charge in [-0.3, -0.25) is 10.1 Å². The van der Waals surface area contributed by atoms with Crippen LogP contribution in [0.3, 0.4) is 0 Å². The van der Waals surface area contributed by atoms with E-state index < -0.39 is 0 Å². The number of carbonyl (C=O) groups is 1. The molecule has 1 aliphatic rings. The fourth-order valence-electron chi connectivity index (χ4n) is 1.72. The first-order valence-corrected chi connectivity index (χ1v) is 7.55. The fourth-order valence-corrected chi connectivity index (χ4v) is 3.40. The van der Waals surface area contributed by atoms with Crippen LogP contribution in [0.1, 0.15) is 0 Å². The van der Waals surface area contributed by atoms with E-state index in [0.29, 0.717) is 16.2 Å². The number of carbonyl (C=O) groups excluding carboxylic acids is 1. The summed E-state index contributed by atoms with van der Waals surface area (Å²) in [6.45, 7) is 0. The molecule has 1 unspecified atom stereocenters. The first-order valence-electron chi connectivity index (χ1n) is 5.28. The number of hydrogen-bond donors (Lipinski definition) is 2. The predicted molar refractivity (Wildman–Crippen MR) is 75.3 cm³/mol. The van der Waals surface area contributed by atoms with Crippen LogP contribution in [-0.4, -0.2) is 32.3 Å². The van der Waals surface area contributed by atoms with Crippen molar-refractivity contribution in [2.45, 2.75) is 6.04 Å². The Kier molecular flexibility index (Phi) is 3.38. The topological polar surface area (TPSA) is 66.9 Å². The Morgan fingerprint density at radius 1 is 1.50 bits per heavy atom. The van der Waals surface area contributed by atoms with E-state index >= 15 is 0 Å². The van der Waals surface area contributed by atoms with Gasteiger partial charge in [0.2, 0.25) is 5.91 Å². The Labute approximate surface area is 117 Å². The lowest BCUT2D eigenvalue weighted by Gasteiger charge is -2.11. The van der Waals surface area contributed by atoms with Crippen LogP contribution < -0.4 is 10.6 Å². The number of halogens is 1. The van der Waals surface area contributed by atoms with Crippen molar-refractivity contribution in [1.29, 1.82) is 0 Å². The van der Waals surface area contributed by atoms with Gasteiger partial charge in [0.1, 0.15) is 11.0 Å². The molecule has 8 heteroatoms. The van der Waals surface area contributed by atoms with Crippen LogP contribution in [0, 0.1) is 0 Å². The number of rotatable bonds is 2. The van der Waals surface area contributed by atoms with E-state index in [2.05, 4.69) is 19.4 Å². The Hall–Kier alpha value is -0.890. The van der Waals surface area contributed by atoms with E-state index in [1.54, 1.807) is 23.9 Å². The maximum absolute atomic E-state index is 12.0. The van der Waals surface area contributed by atoms with Crippen LogP contribution in [0.2, 0.25) is 5.02 Å². The molecule has 0 saturated carbocycles. The van der Waals surface area contributed by atoms with E-state index in [0.717, 1.165) is 28.9 Å². The van der Waals surface area contributed by atoms with Crippen molar-refractivity contribution in [3.05, 3.63) is 17.2 Å². The molecule has 18 heavy (non-hydrogen) atoms. The maximum atomic E-state index is 12.0. The summed E-state index contributed by atoms with van der Waals surface area (Å²) in [7, 11) is 0. The van der Waals surface area contributed by atoms with Gasteiger partial charge in [0.05, 0.1) is 28.5 Å². The normalized spacial score (nSPS) is 19.3. The fraction of sp³-hybridized carbons (Fsp3) is 0.300. The largest absolute Gasteiger partial charge is 0.321 e. The number of nitrogens with zero attached hydrogens (tertiary/aromatic N) is 2. The lowest BCUT2D eigenvalue weighted by Crippen LogP contribution is -2.37. The molecule has 1 aliphatic heterocycles. The molecule has 1 fully saturated rings. The van der Waals surface area contributed by atoms with Gasteiger partial charge < -0.3 is 5.32 Å². The summed E-state index contributed by atoms with van der Waals surface area (Å²) in [5, 5.41) is 6.43. The summed E-state index contributed by atoms with van der Waals surface area (Å²) in [6.07, 6.45) is 0. The number of benzene rings is 1. The minimum absolute atomic E-state index is 0.0811. The highest BCUT2D eigenvalue weighted by atomic mass is 35.5. The van der Waals surface area contributed by atoms with Crippen LogP contribution in [0.4, 0.5) is 5.69 Å². The summed E-state index contributed by atoms with van der Waals surface area (Å²) in [5.41, 5.74) is 1.94. The summed E-state index contributed by atoms with van der Waals surface area (Å²) in [5.74, 6) is 1.49. The van der Waals surface area contributed by atoms with Gasteiger partial charge in [-0.25, -0.2) is 0 Å². The van der Waals surface area contributed by atoms with E-state index in [4.69, 9.17) is 11.6 Å². The molecule has 1 saturated heterocycles. The van der Waals surface area contributed by atoms with E-state index in [9.17, 15) is 4.79 Å². The van der Waals surface area contributed by atoms with Crippen LogP contribution in [0.25, 0.3) is 11.0 Å². The zero-order valence-corrected chi connectivity index (χ0v) is 11.5. The Morgan fingerprint density at radius 2 is 2.39 bits per heavy atom. The first-order chi connectivity index (χ1) is 8.75. The number of nitrogens with one attached hydrogen (secondary N) is 2. The van der Waals surface area contributed by atoms with Crippen LogP contribution in [-0.2, 0) is 4.79 Å². The molecule has 0 aliphatic carbocycles. The number of anilines is 1. The number of aromatic nitrogens is 2. The molecule has 94 valence electrons. The standard InChI is InChI=1S/C10H9ClN4OS2/c11-5-1-2-6-9(15-18-14-6)8(5)13-10(16)7-3-17-4-12-7/h1-2,7,12H,3-4H2,(H,13,16). The average molecular weight is 301 g/mol. The monoisotopic (exact) mass is 300 g/mol. The number of hydrogen-bond acceptors (Lipinski definition) is 6. The molecule has 2 N–H and O–H groups in total. The summed E-state index contributed by atoms with van der Waals surface area (Å²) >= 11 is 8.91. The molecule has 2 aromatic rings. The number of amides is 1. The van der Waals surface area contributed by atoms with Crippen LogP contribution >= 0.6 is 35.1 Å². The second-order valence-corrected chi connectivity index (χ2v) is 5.78. The van der Waals surface area contributed by atoms with Gasteiger partial charge >= 0.3 is 0 Å². The van der Waals surface area contributed by atoms with E-state index in [-0.39, 0.29) is 11.9 Å². The van der Waals surface area contributed by atoms with Crippen molar-refractivity contribution < 1.29 is 4.79 Å². The Bertz CT molecular complexity index is 597. The number of fused-ring (bicyclic) bond motifs is 1. The molecule has 5 nitrogen and oxygen atoms in total. The molecule has 3 rings (SSSR count). The second-order valence-electron chi connectivity index (χ2n) is 3.82. The third-order valence-corrected chi connectivity index (χ3v) is 4.46. The minimum atomic E-state index is -0.173. The molecule has 0 spiro atoms. The van der Waals surface area contributed by atoms with Crippen molar-refractivity contribution in [1.82, 2.24) is 14.1 Å². The third-order valence-electron chi connectivity index (χ3n) is 2.66. The summed E-state index contributed by atoms with van der Waals surface area (Å²) in [4.78, 5) is 12.0. The molecule has 1 atom stereocenters. The second kappa shape index (κ2) is 5.00. The molecule has 0 bridgehead atoms. The van der Waals surface area contributed by atoms with Crippen molar-refractivity contribution in [3.8, 4) is 0 Å². The van der Waals surface area contributed by atoms with E-state index in [1.807, 2.05) is 0 Å². The van der Waals surface area contributed by atoms with Crippen molar-refractivity contribution in [2.75, 3.05) is 16.9 Å². The smallest absolute Gasteiger partial charge is 0.242 e. The van der Waals surface area contributed by atoms with Crippen molar-refractivity contribution >= 4 is 57.7 Å². The van der Waals surface area contributed by atoms with Crippen LogP contribution in [0.15, 0.2) is 12.1 Å². The SMILES string of the molecule is O=C(Nc1c(Cl)ccc2nsnc12)C1CSCN1. The molecule has 1 aromatic heterocycles. The quantitative estimate of drug-likeness (QED) is 0.887. The molecular weight excluding hydrogens is 292 g/mol. The minimum Gasteiger partial charge on any atom is -0.321 e. The third kappa shape index (κ3) is 2.18. The summed E-state index contributed by atoms with van der Waals surface area (Å²) < 4.78 is 8.29. The molecule has 0 radical (unpaired) electrons. The van der Waals surface area contributed by atoms with Gasteiger partial charge in [0.15, 0.2) is 0 Å². The Balaban J connectivity index is 1.91. The highest BCUT2D eigenvalue weighted by molar-refractivity contribution is 7.99. The zero-order valence-electron chi connectivity index (χ0n) is 9.14. The Morgan fingerprint density at radius 3 is 3.17 bits per heavy atom. The van der Waals surface area contributed by atoms with Gasteiger partial charge in [-0.2, -0.15) is 8.75 Å². The van der Waals surface area contributed by atoms with Gasteiger partial charge in [-0.05, 0) is 12.1 Å². The van der Waals surface area contributed by atoms with Crippen molar-refractivity contribution in [3.63, 3.8) is 0 Å². The van der Waals surface area contributed by atoms with Gasteiger partial charge in [0, 0.05) is 11.6 Å². The highest BCUT2D eigenvalue weighted by Gasteiger charge is 2.24. The molecule has 1 amide bonds. The van der Waals surface area contributed by atoms with Gasteiger partial charge in [-0.1, -0.05) is 11.6 Å². The zero-order chi connectivity index (χ0) is 12.5. The van der Waals surface area contributed by atoms with Gasteiger partial charge in [0.25, 0.3) is 0 Å². The number of thioether (sulfide) groups is 1. The average Bonchev–Trinajstić information content (AvgIpc) is 3.02. The highest BCUT2D eigenvalue weighted by Crippen LogP contribution is 2.30. The predicted octanol–water partition coefficient (Wildman–Crippen LogP) is 1.95. The lowest BCUT2D eigenvalue weighted by molar-refractivity contribution is -0.117. The van der Waals surface area contributed by atoms with Gasteiger partial charge in [-0.15, -0.1) is 11.8 Å². The molecule has 2 heterocycles. The van der Waals surface area contributed by atoms with E-state index in [1.165, 1.54) is 0 Å². The van der Waals surface area contributed by atoms with Crippen molar-refractivity contribution in [2.24, 2.45) is 0 Å². The lowest BCUT2D eigenvalue weighted by atomic mass is 10.2. The van der Waals surface area contributed by atoms with Crippen LogP contribution in [0.5, 0.6) is 0 Å². The summed E-state index contributed by atoms with van der Waals surface area (Å²) in [6, 6.07) is 3.34.